The molecule has 0 amide bonds. The molecule has 2 atom stereocenters. The van der Waals surface area contributed by atoms with Gasteiger partial charge in [0.25, 0.3) is 0 Å². The first-order valence-corrected chi connectivity index (χ1v) is 10.0. The van der Waals surface area contributed by atoms with E-state index >= 15 is 0 Å². The van der Waals surface area contributed by atoms with Crippen LogP contribution in [0.3, 0.4) is 0 Å². The fourth-order valence-corrected chi connectivity index (χ4v) is 4.94. The van der Waals surface area contributed by atoms with Crippen LogP contribution in [-0.2, 0) is 6.61 Å². The fourth-order valence-electron chi connectivity index (χ4n) is 3.67. The van der Waals surface area contributed by atoms with Crippen LogP contribution in [0.5, 0.6) is 5.75 Å². The van der Waals surface area contributed by atoms with Crippen molar-refractivity contribution in [3.63, 3.8) is 0 Å². The van der Waals surface area contributed by atoms with E-state index < -0.39 is 0 Å². The molecule has 3 aromatic rings. The Hall–Kier alpha value is -1.66. The van der Waals surface area contributed by atoms with Crippen molar-refractivity contribution < 1.29 is 15.6 Å². The summed E-state index contributed by atoms with van der Waals surface area (Å²) in [7, 11) is 0. The summed E-state index contributed by atoms with van der Waals surface area (Å²) in [6.45, 7) is 2.05. The third kappa shape index (κ3) is 3.32. The first kappa shape index (κ1) is 17.7. The monoisotopic (exact) mass is 389 g/mol. The zero-order valence-electron chi connectivity index (χ0n) is 14.7. The molecule has 6 heteroatoms. The van der Waals surface area contributed by atoms with Crippen LogP contribution in [0, 0.1) is 6.92 Å². The molecule has 1 aliphatic rings. The number of hydrogen-bond donors (Lipinski definition) is 2. The number of thiophene rings is 1. The molecular formula is C20H22ClN2O2S+. The molecule has 26 heavy (non-hydrogen) atoms. The summed E-state index contributed by atoms with van der Waals surface area (Å²) >= 11 is 7.94. The van der Waals surface area contributed by atoms with Gasteiger partial charge in [0.1, 0.15) is 11.9 Å². The molecule has 1 fully saturated rings. The number of pyridine rings is 1. The second-order valence-corrected chi connectivity index (χ2v) is 8.54. The Kier molecular flexibility index (Phi) is 4.88. The van der Waals surface area contributed by atoms with Gasteiger partial charge < -0.3 is 15.6 Å². The highest BCUT2D eigenvalue weighted by Crippen LogP contribution is 2.42. The molecular weight excluding hydrogens is 368 g/mol. The second-order valence-electron chi connectivity index (χ2n) is 6.96. The zero-order chi connectivity index (χ0) is 18.3. The summed E-state index contributed by atoms with van der Waals surface area (Å²) < 4.78 is 7.48. The number of hydrogen-bond acceptors (Lipinski definition) is 4. The van der Waals surface area contributed by atoms with Crippen molar-refractivity contribution in [3.05, 3.63) is 45.9 Å². The number of nitrogens with zero attached hydrogens (tertiary/aromatic N) is 1. The molecule has 4 rings (SSSR count). The lowest BCUT2D eigenvalue weighted by Gasteiger charge is -2.19. The van der Waals surface area contributed by atoms with Crippen molar-refractivity contribution in [1.29, 1.82) is 0 Å². The third-order valence-corrected chi connectivity index (χ3v) is 6.29. The maximum Gasteiger partial charge on any atom is 0.130 e. The number of fused-ring (bicyclic) bond motifs is 1. The van der Waals surface area contributed by atoms with Crippen molar-refractivity contribution in [3.8, 4) is 16.9 Å². The van der Waals surface area contributed by atoms with E-state index in [-0.39, 0.29) is 12.7 Å². The quantitative estimate of drug-likeness (QED) is 0.709. The molecule has 0 radical (unpaired) electrons. The average Bonchev–Trinajstić information content (AvgIpc) is 3.22. The van der Waals surface area contributed by atoms with Crippen molar-refractivity contribution in [2.75, 3.05) is 0 Å². The van der Waals surface area contributed by atoms with Gasteiger partial charge in [-0.25, -0.2) is 0 Å². The number of aliphatic hydroxyl groups excluding tert-OH is 1. The Morgan fingerprint density at radius 2 is 2.15 bits per heavy atom. The lowest BCUT2D eigenvalue weighted by atomic mass is 10.0. The number of rotatable bonds is 4. The van der Waals surface area contributed by atoms with E-state index in [9.17, 15) is 5.11 Å². The van der Waals surface area contributed by atoms with Crippen molar-refractivity contribution >= 4 is 33.2 Å². The predicted octanol–water partition coefficient (Wildman–Crippen LogP) is 3.96. The van der Waals surface area contributed by atoms with Gasteiger partial charge in [0.05, 0.1) is 22.9 Å². The summed E-state index contributed by atoms with van der Waals surface area (Å²) in [6, 6.07) is 8.31. The van der Waals surface area contributed by atoms with Gasteiger partial charge in [-0.2, -0.15) is 0 Å². The molecule has 0 bridgehead atoms. The van der Waals surface area contributed by atoms with E-state index in [4.69, 9.17) is 16.3 Å². The summed E-state index contributed by atoms with van der Waals surface area (Å²) in [5, 5.41) is 10.2. The first-order chi connectivity index (χ1) is 12.5. The number of aryl methyl sites for hydroxylation is 1. The van der Waals surface area contributed by atoms with Crippen LogP contribution < -0.4 is 10.5 Å². The molecule has 0 spiro atoms. The topological polar surface area (TPSA) is 70.0 Å². The maximum absolute atomic E-state index is 9.49. The Morgan fingerprint density at radius 3 is 2.88 bits per heavy atom. The Bertz CT molecular complexity index is 956. The van der Waals surface area contributed by atoms with Gasteiger partial charge in [-0.05, 0) is 43.2 Å². The third-order valence-electron chi connectivity index (χ3n) is 4.93. The van der Waals surface area contributed by atoms with Crippen molar-refractivity contribution in [1.82, 2.24) is 4.98 Å². The number of ether oxygens (including phenoxy) is 1. The first-order valence-electron chi connectivity index (χ1n) is 8.83. The highest BCUT2D eigenvalue weighted by Gasteiger charge is 2.27. The fraction of sp³-hybridized carbons (Fsp3) is 0.350. The second kappa shape index (κ2) is 7.16. The van der Waals surface area contributed by atoms with Gasteiger partial charge in [0.2, 0.25) is 0 Å². The Morgan fingerprint density at radius 1 is 1.31 bits per heavy atom. The number of halogens is 1. The van der Waals surface area contributed by atoms with Gasteiger partial charge in [0.15, 0.2) is 0 Å². The summed E-state index contributed by atoms with van der Waals surface area (Å²) in [5.74, 6) is 0.889. The molecule has 0 aliphatic heterocycles. The minimum absolute atomic E-state index is 0.0192. The van der Waals surface area contributed by atoms with E-state index in [1.54, 1.807) is 17.5 Å². The van der Waals surface area contributed by atoms with Gasteiger partial charge in [-0.1, -0.05) is 11.6 Å². The molecule has 2 heterocycles. The molecule has 4 nitrogen and oxygen atoms in total. The minimum atomic E-state index is 0.0192. The van der Waals surface area contributed by atoms with Gasteiger partial charge in [0, 0.05) is 40.1 Å². The lowest BCUT2D eigenvalue weighted by molar-refractivity contribution is -0.417. The number of aromatic nitrogens is 1. The number of aliphatic hydroxyl groups is 1. The number of quaternary nitrogens is 1. The summed E-state index contributed by atoms with van der Waals surface area (Å²) in [5.41, 5.74) is 8.12. The van der Waals surface area contributed by atoms with Crippen LogP contribution in [-0.4, -0.2) is 22.2 Å². The summed E-state index contributed by atoms with van der Waals surface area (Å²) in [4.78, 5) is 5.34. The molecule has 1 aromatic carbocycles. The van der Waals surface area contributed by atoms with Crippen LogP contribution in [0.15, 0.2) is 30.5 Å². The minimum Gasteiger partial charge on any atom is -0.489 e. The lowest BCUT2D eigenvalue weighted by Crippen LogP contribution is -2.59. The predicted molar refractivity (Wildman–Crippen MR) is 106 cm³/mol. The summed E-state index contributed by atoms with van der Waals surface area (Å²) in [6.07, 6.45) is 5.13. The SMILES string of the molecule is Cc1cc(Cl)cc(-c2ccnc3cc(CO)sc23)c1OC1CCC([NH3+])C1. The highest BCUT2D eigenvalue weighted by atomic mass is 35.5. The molecule has 4 N–H and O–H groups in total. The largest absolute Gasteiger partial charge is 0.489 e. The van der Waals surface area contributed by atoms with Gasteiger partial charge in [-0.3, -0.25) is 4.98 Å². The Labute approximate surface area is 161 Å². The van der Waals surface area contributed by atoms with Gasteiger partial charge >= 0.3 is 0 Å². The molecule has 1 aliphatic carbocycles. The average molecular weight is 390 g/mol. The smallest absolute Gasteiger partial charge is 0.130 e. The maximum atomic E-state index is 9.49. The number of benzene rings is 1. The van der Waals surface area contributed by atoms with E-state index in [0.717, 1.165) is 56.8 Å². The van der Waals surface area contributed by atoms with E-state index in [1.807, 2.05) is 31.2 Å². The van der Waals surface area contributed by atoms with Crippen molar-refractivity contribution in [2.45, 2.75) is 44.9 Å². The standard InChI is InChI=1S/C20H21ClN2O2S/c1-11-6-12(21)7-17(19(11)25-14-3-2-13(22)8-14)16-4-5-23-18-9-15(10-24)26-20(16)18/h4-7,9,13-14,24H,2-3,8,10,22H2,1H3/p+1. The zero-order valence-corrected chi connectivity index (χ0v) is 16.2. The van der Waals surface area contributed by atoms with Crippen molar-refractivity contribution in [2.24, 2.45) is 0 Å². The molecule has 2 aromatic heterocycles. The molecule has 136 valence electrons. The van der Waals surface area contributed by atoms with Crippen LogP contribution in [0.4, 0.5) is 0 Å². The van der Waals surface area contributed by atoms with Crippen LogP contribution in [0.25, 0.3) is 21.3 Å². The van der Waals surface area contributed by atoms with Crippen LogP contribution in [0.2, 0.25) is 5.02 Å². The van der Waals surface area contributed by atoms with E-state index in [2.05, 4.69) is 10.7 Å². The highest BCUT2D eigenvalue weighted by molar-refractivity contribution is 7.19. The normalized spacial score (nSPS) is 20.0. The van der Waals surface area contributed by atoms with E-state index in [1.165, 1.54) is 0 Å². The molecule has 0 saturated heterocycles. The van der Waals surface area contributed by atoms with Crippen LogP contribution >= 0.6 is 22.9 Å². The molecule has 2 unspecified atom stereocenters. The van der Waals surface area contributed by atoms with E-state index in [0.29, 0.717) is 11.1 Å². The molecule has 1 saturated carbocycles. The van der Waals surface area contributed by atoms with Crippen LogP contribution in [0.1, 0.15) is 29.7 Å². The van der Waals surface area contributed by atoms with Gasteiger partial charge in [-0.15, -0.1) is 11.3 Å². The Balaban J connectivity index is 1.84.